The Bertz CT molecular complexity index is 651. The highest BCUT2D eigenvalue weighted by Crippen LogP contribution is 2.38. The predicted molar refractivity (Wildman–Crippen MR) is 72.8 cm³/mol. The van der Waals surface area contributed by atoms with Crippen molar-refractivity contribution >= 4 is 5.91 Å². The highest BCUT2D eigenvalue weighted by atomic mass is 16.5. The number of hydrogen-bond acceptors (Lipinski definition) is 6. The van der Waals surface area contributed by atoms with Gasteiger partial charge < -0.3 is 14.5 Å². The highest BCUT2D eigenvalue weighted by molar-refractivity contribution is 5.94. The lowest BCUT2D eigenvalue weighted by Gasteiger charge is -2.15. The first-order chi connectivity index (χ1) is 10.1. The molecule has 2 aromatic rings. The van der Waals surface area contributed by atoms with Gasteiger partial charge in [-0.05, 0) is 25.0 Å². The Morgan fingerprint density at radius 1 is 1.52 bits per heavy atom. The third kappa shape index (κ3) is 3.01. The summed E-state index contributed by atoms with van der Waals surface area (Å²) in [4.78, 5) is 21.8. The van der Waals surface area contributed by atoms with Gasteiger partial charge in [0.25, 0.3) is 5.91 Å². The third-order valence-electron chi connectivity index (χ3n) is 3.42. The van der Waals surface area contributed by atoms with Crippen molar-refractivity contribution in [2.45, 2.75) is 25.2 Å². The van der Waals surface area contributed by atoms with Crippen molar-refractivity contribution in [2.75, 3.05) is 13.6 Å². The van der Waals surface area contributed by atoms with Crippen molar-refractivity contribution < 1.29 is 14.4 Å². The van der Waals surface area contributed by atoms with E-state index in [4.69, 9.17) is 4.52 Å². The number of pyridine rings is 1. The van der Waals surface area contributed by atoms with Crippen LogP contribution in [0.25, 0.3) is 0 Å². The molecule has 21 heavy (non-hydrogen) atoms. The number of aromatic hydroxyl groups is 1. The molecule has 1 amide bonds. The van der Waals surface area contributed by atoms with E-state index in [1.165, 1.54) is 17.2 Å². The van der Waals surface area contributed by atoms with E-state index >= 15 is 0 Å². The van der Waals surface area contributed by atoms with Crippen molar-refractivity contribution in [3.8, 4) is 5.75 Å². The largest absolute Gasteiger partial charge is 0.505 e. The molecular weight excluding hydrogens is 272 g/mol. The number of hydrogen-bond donors (Lipinski definition) is 1. The van der Waals surface area contributed by atoms with Crippen molar-refractivity contribution in [1.29, 1.82) is 0 Å². The van der Waals surface area contributed by atoms with Crippen LogP contribution in [-0.4, -0.2) is 44.6 Å². The smallest absolute Gasteiger partial charge is 0.276 e. The van der Waals surface area contributed by atoms with Gasteiger partial charge in [0.2, 0.25) is 5.89 Å². The number of nitrogens with zero attached hydrogens (tertiary/aromatic N) is 4. The lowest BCUT2D eigenvalue weighted by atomic mass is 10.3. The van der Waals surface area contributed by atoms with Gasteiger partial charge in [0.05, 0.1) is 0 Å². The Morgan fingerprint density at radius 3 is 3.05 bits per heavy atom. The molecular formula is C14H16N4O3. The summed E-state index contributed by atoms with van der Waals surface area (Å²) in [5.74, 6) is 1.27. The second-order valence-electron chi connectivity index (χ2n) is 5.17. The molecule has 0 spiro atoms. The van der Waals surface area contributed by atoms with Crippen LogP contribution in [0.4, 0.5) is 0 Å². The zero-order valence-corrected chi connectivity index (χ0v) is 11.7. The molecule has 3 rings (SSSR count). The molecule has 0 atom stereocenters. The molecule has 2 heterocycles. The number of likely N-dealkylation sites (N-methyl/N-ethyl adjacent to an activating group) is 1. The normalized spacial score (nSPS) is 14.1. The van der Waals surface area contributed by atoms with Gasteiger partial charge in [-0.2, -0.15) is 4.98 Å². The fraction of sp³-hybridized carbons (Fsp3) is 0.429. The van der Waals surface area contributed by atoms with Crippen LogP contribution in [0.1, 0.15) is 41.0 Å². The van der Waals surface area contributed by atoms with Gasteiger partial charge >= 0.3 is 0 Å². The summed E-state index contributed by atoms with van der Waals surface area (Å²) in [6.45, 7) is 0.429. The molecule has 0 bridgehead atoms. The van der Waals surface area contributed by atoms with Crippen LogP contribution < -0.4 is 0 Å². The molecule has 7 heteroatoms. The number of aromatic nitrogens is 3. The summed E-state index contributed by atoms with van der Waals surface area (Å²) in [6.07, 6.45) is 4.20. The van der Waals surface area contributed by atoms with Crippen LogP contribution in [0.3, 0.4) is 0 Å². The number of carbonyl (C=O) groups is 1. The minimum atomic E-state index is -0.334. The summed E-state index contributed by atoms with van der Waals surface area (Å²) in [5.41, 5.74) is 0.0479. The van der Waals surface area contributed by atoms with Gasteiger partial charge in [-0.15, -0.1) is 0 Å². The molecule has 0 unspecified atom stereocenters. The molecule has 2 aromatic heterocycles. The summed E-state index contributed by atoms with van der Waals surface area (Å²) < 4.78 is 5.17. The van der Waals surface area contributed by atoms with E-state index in [9.17, 15) is 9.90 Å². The van der Waals surface area contributed by atoms with E-state index in [0.29, 0.717) is 30.6 Å². The van der Waals surface area contributed by atoms with Crippen LogP contribution in [0.15, 0.2) is 22.9 Å². The van der Waals surface area contributed by atoms with E-state index < -0.39 is 0 Å². The minimum absolute atomic E-state index is 0.0479. The maximum atomic E-state index is 12.1. The van der Waals surface area contributed by atoms with Crippen LogP contribution in [-0.2, 0) is 6.42 Å². The van der Waals surface area contributed by atoms with E-state index in [1.54, 1.807) is 13.1 Å². The topological polar surface area (TPSA) is 92.4 Å². The lowest BCUT2D eigenvalue weighted by Crippen LogP contribution is -2.29. The van der Waals surface area contributed by atoms with E-state index in [1.807, 2.05) is 0 Å². The molecule has 1 aliphatic rings. The quantitative estimate of drug-likeness (QED) is 0.893. The van der Waals surface area contributed by atoms with Crippen molar-refractivity contribution in [1.82, 2.24) is 20.0 Å². The minimum Gasteiger partial charge on any atom is -0.505 e. The van der Waals surface area contributed by atoms with Gasteiger partial charge in [-0.25, -0.2) is 4.98 Å². The summed E-state index contributed by atoms with van der Waals surface area (Å²) in [6, 6.07) is 3.01. The Labute approximate surface area is 121 Å². The zero-order valence-electron chi connectivity index (χ0n) is 11.7. The summed E-state index contributed by atoms with van der Waals surface area (Å²) in [5, 5.41) is 13.5. The predicted octanol–water partition coefficient (Wildman–Crippen LogP) is 1.36. The molecule has 1 fully saturated rings. The van der Waals surface area contributed by atoms with Crippen LogP contribution >= 0.6 is 0 Å². The van der Waals surface area contributed by atoms with Crippen molar-refractivity contribution in [3.05, 3.63) is 35.7 Å². The molecule has 0 aliphatic heterocycles. The van der Waals surface area contributed by atoms with E-state index in [0.717, 1.165) is 12.8 Å². The molecule has 0 aromatic carbocycles. The summed E-state index contributed by atoms with van der Waals surface area (Å²) in [7, 11) is 1.65. The monoisotopic (exact) mass is 288 g/mol. The SMILES string of the molecule is CN(CCc1noc(C2CC2)n1)C(=O)c1ncccc1O. The Morgan fingerprint density at radius 2 is 2.33 bits per heavy atom. The average Bonchev–Trinajstić information content (AvgIpc) is 3.23. The second kappa shape index (κ2) is 5.51. The lowest BCUT2D eigenvalue weighted by molar-refractivity contribution is 0.0786. The second-order valence-corrected chi connectivity index (χ2v) is 5.17. The van der Waals surface area contributed by atoms with Crippen LogP contribution in [0, 0.1) is 0 Å². The van der Waals surface area contributed by atoms with Gasteiger partial charge in [-0.3, -0.25) is 4.79 Å². The molecule has 1 aliphatic carbocycles. The number of amides is 1. The van der Waals surface area contributed by atoms with Gasteiger partial charge in [0.1, 0.15) is 5.75 Å². The maximum absolute atomic E-state index is 12.1. The van der Waals surface area contributed by atoms with E-state index in [-0.39, 0.29) is 17.4 Å². The van der Waals surface area contributed by atoms with E-state index in [2.05, 4.69) is 15.1 Å². The average molecular weight is 288 g/mol. The first-order valence-corrected chi connectivity index (χ1v) is 6.87. The Balaban J connectivity index is 1.59. The standard InChI is InChI=1S/C14H16N4O3/c1-18(14(20)12-10(19)3-2-7-15-12)8-6-11-16-13(21-17-11)9-4-5-9/h2-3,7,9,19H,4-6,8H2,1H3. The zero-order chi connectivity index (χ0) is 14.8. The van der Waals surface area contributed by atoms with Crippen molar-refractivity contribution in [2.24, 2.45) is 0 Å². The molecule has 110 valence electrons. The molecule has 7 nitrogen and oxygen atoms in total. The third-order valence-corrected chi connectivity index (χ3v) is 3.42. The Kier molecular flexibility index (Phi) is 3.55. The fourth-order valence-corrected chi connectivity index (χ4v) is 1.98. The first-order valence-electron chi connectivity index (χ1n) is 6.87. The van der Waals surface area contributed by atoms with Crippen LogP contribution in [0.2, 0.25) is 0 Å². The number of carbonyl (C=O) groups excluding carboxylic acids is 1. The highest BCUT2D eigenvalue weighted by Gasteiger charge is 2.29. The summed E-state index contributed by atoms with van der Waals surface area (Å²) >= 11 is 0. The first kappa shape index (κ1) is 13.5. The van der Waals surface area contributed by atoms with Gasteiger partial charge in [0.15, 0.2) is 11.5 Å². The number of rotatable bonds is 5. The van der Waals surface area contributed by atoms with Gasteiger partial charge in [0, 0.05) is 32.1 Å². The maximum Gasteiger partial charge on any atom is 0.276 e. The molecule has 1 N–H and O–H groups in total. The molecule has 0 saturated heterocycles. The van der Waals surface area contributed by atoms with Crippen molar-refractivity contribution in [3.63, 3.8) is 0 Å². The molecule has 0 radical (unpaired) electrons. The molecule has 1 saturated carbocycles. The fourth-order valence-electron chi connectivity index (χ4n) is 1.98. The van der Waals surface area contributed by atoms with Gasteiger partial charge in [-0.1, -0.05) is 5.16 Å². The Hall–Kier alpha value is -2.44. The van der Waals surface area contributed by atoms with Crippen LogP contribution in [0.5, 0.6) is 5.75 Å².